The summed E-state index contributed by atoms with van der Waals surface area (Å²) in [5.74, 6) is 1.76. The van der Waals surface area contributed by atoms with E-state index in [1.54, 1.807) is 17.1 Å². The van der Waals surface area contributed by atoms with Crippen molar-refractivity contribution < 1.29 is 4.79 Å². The summed E-state index contributed by atoms with van der Waals surface area (Å²) < 4.78 is 1.71. The zero-order chi connectivity index (χ0) is 16.2. The van der Waals surface area contributed by atoms with Gasteiger partial charge in [0.05, 0.1) is 0 Å². The van der Waals surface area contributed by atoms with Gasteiger partial charge in [0.1, 0.15) is 0 Å². The quantitative estimate of drug-likeness (QED) is 0.937. The monoisotopic (exact) mass is 331 g/mol. The molecule has 1 aliphatic heterocycles. The number of nitrogens with zero attached hydrogens (tertiary/aromatic N) is 4. The number of urea groups is 1. The smallest absolute Gasteiger partial charge is 0.317 e. The van der Waals surface area contributed by atoms with Crippen LogP contribution >= 0.6 is 11.8 Å². The van der Waals surface area contributed by atoms with Crippen LogP contribution in [-0.4, -0.2) is 49.3 Å². The molecule has 122 valence electrons. The normalized spacial score (nSPS) is 21.2. The highest BCUT2D eigenvalue weighted by Crippen LogP contribution is 2.24. The number of carbonyl (C=O) groups excluding carboxylic acids is 1. The molecule has 0 unspecified atom stereocenters. The first-order valence-electron chi connectivity index (χ1n) is 7.76. The van der Waals surface area contributed by atoms with Crippen LogP contribution in [0.1, 0.15) is 19.4 Å². The van der Waals surface area contributed by atoms with Gasteiger partial charge in [-0.25, -0.2) is 14.5 Å². The maximum atomic E-state index is 12.4. The van der Waals surface area contributed by atoms with E-state index in [-0.39, 0.29) is 12.1 Å². The van der Waals surface area contributed by atoms with E-state index in [1.165, 1.54) is 0 Å². The number of thioether (sulfide) groups is 1. The van der Waals surface area contributed by atoms with Crippen LogP contribution in [-0.2, 0) is 6.54 Å². The molecule has 2 aromatic heterocycles. The molecule has 1 aliphatic rings. The Bertz CT molecular complexity index is 643. The van der Waals surface area contributed by atoms with Gasteiger partial charge in [-0.1, -0.05) is 13.0 Å². The molecule has 2 aromatic rings. The number of hydrogen-bond acceptors (Lipinski definition) is 4. The van der Waals surface area contributed by atoms with Crippen molar-refractivity contribution in [2.75, 3.05) is 12.3 Å². The van der Waals surface area contributed by atoms with Crippen molar-refractivity contribution >= 4 is 17.8 Å². The molecule has 23 heavy (non-hydrogen) atoms. The highest BCUT2D eigenvalue weighted by atomic mass is 32.2. The van der Waals surface area contributed by atoms with Crippen molar-refractivity contribution in [1.29, 1.82) is 0 Å². The third-order valence-corrected chi connectivity index (χ3v) is 5.47. The zero-order valence-electron chi connectivity index (χ0n) is 13.3. The average molecular weight is 331 g/mol. The molecule has 6 nitrogen and oxygen atoms in total. The van der Waals surface area contributed by atoms with Gasteiger partial charge < -0.3 is 10.2 Å². The van der Waals surface area contributed by atoms with E-state index in [9.17, 15) is 4.79 Å². The van der Waals surface area contributed by atoms with E-state index in [4.69, 9.17) is 0 Å². The SMILES string of the molecule is C[C@@H]1SCCN(C(=O)NCc2ccc(-n3cccn3)nc2)[C@@H]1C. The van der Waals surface area contributed by atoms with Gasteiger partial charge in [-0.05, 0) is 24.6 Å². The first kappa shape index (κ1) is 15.9. The Labute approximate surface area is 140 Å². The summed E-state index contributed by atoms with van der Waals surface area (Å²) in [4.78, 5) is 18.6. The van der Waals surface area contributed by atoms with Crippen molar-refractivity contribution in [1.82, 2.24) is 25.0 Å². The summed E-state index contributed by atoms with van der Waals surface area (Å²) in [5, 5.41) is 7.61. The number of rotatable bonds is 3. The van der Waals surface area contributed by atoms with Gasteiger partial charge in [0, 0.05) is 48.7 Å². The van der Waals surface area contributed by atoms with Crippen molar-refractivity contribution in [3.63, 3.8) is 0 Å². The number of nitrogens with one attached hydrogen (secondary N) is 1. The highest BCUT2D eigenvalue weighted by Gasteiger charge is 2.28. The van der Waals surface area contributed by atoms with E-state index in [0.29, 0.717) is 11.8 Å². The Morgan fingerprint density at radius 2 is 2.30 bits per heavy atom. The molecular weight excluding hydrogens is 310 g/mol. The van der Waals surface area contributed by atoms with Gasteiger partial charge in [-0.3, -0.25) is 0 Å². The molecule has 3 rings (SSSR count). The molecule has 1 saturated heterocycles. The molecule has 0 saturated carbocycles. The number of hydrogen-bond donors (Lipinski definition) is 1. The van der Waals surface area contributed by atoms with Crippen LogP contribution in [0.4, 0.5) is 4.79 Å². The predicted molar refractivity (Wildman–Crippen MR) is 91.7 cm³/mol. The van der Waals surface area contributed by atoms with Crippen molar-refractivity contribution in [3.05, 3.63) is 42.4 Å². The first-order chi connectivity index (χ1) is 11.1. The fourth-order valence-electron chi connectivity index (χ4n) is 2.56. The Morgan fingerprint density at radius 1 is 1.43 bits per heavy atom. The maximum absolute atomic E-state index is 12.4. The standard InChI is InChI=1S/C16H21N5OS/c1-12-13(2)23-9-8-20(12)16(22)18-11-14-4-5-15(17-10-14)21-7-3-6-19-21/h3-7,10,12-13H,8-9,11H2,1-2H3,(H,18,22)/t12-,13+/m1/s1. The van der Waals surface area contributed by atoms with Crippen LogP contribution < -0.4 is 5.32 Å². The summed E-state index contributed by atoms with van der Waals surface area (Å²) >= 11 is 1.92. The number of carbonyl (C=O) groups is 1. The lowest BCUT2D eigenvalue weighted by Gasteiger charge is -2.37. The van der Waals surface area contributed by atoms with Gasteiger partial charge >= 0.3 is 6.03 Å². The Morgan fingerprint density at radius 3 is 3.00 bits per heavy atom. The van der Waals surface area contributed by atoms with Crippen LogP contribution in [0.15, 0.2) is 36.8 Å². The molecule has 3 heterocycles. The lowest BCUT2D eigenvalue weighted by molar-refractivity contribution is 0.180. The largest absolute Gasteiger partial charge is 0.334 e. The fraction of sp³-hybridized carbons (Fsp3) is 0.438. The van der Waals surface area contributed by atoms with Gasteiger partial charge in [0.2, 0.25) is 0 Å². The van der Waals surface area contributed by atoms with Gasteiger partial charge in [-0.15, -0.1) is 0 Å². The van der Waals surface area contributed by atoms with E-state index >= 15 is 0 Å². The Hall–Kier alpha value is -2.02. The van der Waals surface area contributed by atoms with Gasteiger partial charge in [-0.2, -0.15) is 16.9 Å². The minimum atomic E-state index is 0.000743. The lowest BCUT2D eigenvalue weighted by Crippen LogP contribution is -2.51. The van der Waals surface area contributed by atoms with Crippen LogP contribution in [0, 0.1) is 0 Å². The maximum Gasteiger partial charge on any atom is 0.317 e. The minimum absolute atomic E-state index is 0.000743. The zero-order valence-corrected chi connectivity index (χ0v) is 14.2. The van der Waals surface area contributed by atoms with Crippen LogP contribution in [0.3, 0.4) is 0 Å². The Kier molecular flexibility index (Phi) is 4.85. The molecule has 1 fully saturated rings. The molecule has 1 N–H and O–H groups in total. The fourth-order valence-corrected chi connectivity index (χ4v) is 3.66. The minimum Gasteiger partial charge on any atom is -0.334 e. The molecule has 7 heteroatoms. The van der Waals surface area contributed by atoms with Crippen LogP contribution in [0.5, 0.6) is 0 Å². The van der Waals surface area contributed by atoms with E-state index in [2.05, 4.69) is 29.2 Å². The van der Waals surface area contributed by atoms with Gasteiger partial charge in [0.25, 0.3) is 0 Å². The second-order valence-corrected chi connectivity index (χ2v) is 7.13. The van der Waals surface area contributed by atoms with E-state index in [1.807, 2.05) is 41.1 Å². The van der Waals surface area contributed by atoms with E-state index in [0.717, 1.165) is 23.7 Å². The van der Waals surface area contributed by atoms with Gasteiger partial charge in [0.15, 0.2) is 5.82 Å². The van der Waals surface area contributed by atoms with Crippen LogP contribution in [0.25, 0.3) is 5.82 Å². The lowest BCUT2D eigenvalue weighted by atomic mass is 10.2. The summed E-state index contributed by atoms with van der Waals surface area (Å²) in [7, 11) is 0. The average Bonchev–Trinajstić information content (AvgIpc) is 3.10. The molecule has 0 spiro atoms. The van der Waals surface area contributed by atoms with E-state index < -0.39 is 0 Å². The first-order valence-corrected chi connectivity index (χ1v) is 8.81. The summed E-state index contributed by atoms with van der Waals surface area (Å²) in [5.41, 5.74) is 0.973. The van der Waals surface area contributed by atoms with Crippen LogP contribution in [0.2, 0.25) is 0 Å². The summed E-state index contributed by atoms with van der Waals surface area (Å²) in [6.07, 6.45) is 5.34. The molecule has 0 bridgehead atoms. The number of pyridine rings is 1. The van der Waals surface area contributed by atoms with Crippen molar-refractivity contribution in [2.24, 2.45) is 0 Å². The summed E-state index contributed by atoms with van der Waals surface area (Å²) in [6.45, 7) is 5.57. The molecular formula is C16H21N5OS. The third-order valence-electron chi connectivity index (χ3n) is 4.14. The predicted octanol–water partition coefficient (Wildman–Crippen LogP) is 2.30. The molecule has 0 aromatic carbocycles. The topological polar surface area (TPSA) is 63.1 Å². The second-order valence-electron chi connectivity index (χ2n) is 5.64. The molecule has 2 atom stereocenters. The molecule has 0 radical (unpaired) electrons. The van der Waals surface area contributed by atoms with Crippen molar-refractivity contribution in [3.8, 4) is 5.82 Å². The second kappa shape index (κ2) is 7.04. The summed E-state index contributed by atoms with van der Waals surface area (Å²) in [6, 6.07) is 5.98. The molecule has 2 amide bonds. The molecule has 0 aliphatic carbocycles. The highest BCUT2D eigenvalue weighted by molar-refractivity contribution is 8.00. The Balaban J connectivity index is 1.56. The number of amides is 2. The number of aromatic nitrogens is 3. The third kappa shape index (κ3) is 3.67. The van der Waals surface area contributed by atoms with Crippen molar-refractivity contribution in [2.45, 2.75) is 31.7 Å².